The van der Waals surface area contributed by atoms with Crippen LogP contribution in [0, 0.1) is 0 Å². The van der Waals surface area contributed by atoms with E-state index >= 15 is 0 Å². The first-order chi connectivity index (χ1) is 8.80. The molecular weight excluding hydrogens is 348 g/mol. The van der Waals surface area contributed by atoms with Gasteiger partial charge in [0.15, 0.2) is 5.82 Å². The highest BCUT2D eigenvalue weighted by Gasteiger charge is 2.33. The molecule has 0 bridgehead atoms. The molecule has 0 aliphatic heterocycles. The van der Waals surface area contributed by atoms with Gasteiger partial charge >= 0.3 is 6.18 Å². The molecule has 1 atom stereocenters. The van der Waals surface area contributed by atoms with E-state index in [0.717, 1.165) is 6.07 Å². The van der Waals surface area contributed by atoms with Crippen molar-refractivity contribution in [3.05, 3.63) is 34.1 Å². The molecule has 0 N–H and O–H groups in total. The van der Waals surface area contributed by atoms with Gasteiger partial charge in [0.25, 0.3) is 0 Å². The van der Waals surface area contributed by atoms with Crippen LogP contribution in [0.4, 0.5) is 13.2 Å². The standard InChI is InChI=1S/C10H7BrClF3N4/c1-5(12)9-16-17-18-19(9)6-2-3-8(11)7(4-6)10(13,14)15/h2-5H,1H3. The molecule has 9 heteroatoms. The van der Waals surface area contributed by atoms with E-state index in [0.29, 0.717) is 0 Å². The first-order valence-electron chi connectivity index (χ1n) is 5.10. The van der Waals surface area contributed by atoms with E-state index in [2.05, 4.69) is 31.5 Å². The fourth-order valence-corrected chi connectivity index (χ4v) is 2.10. The van der Waals surface area contributed by atoms with E-state index in [1.165, 1.54) is 16.8 Å². The van der Waals surface area contributed by atoms with Crippen LogP contribution < -0.4 is 0 Å². The van der Waals surface area contributed by atoms with Gasteiger partial charge in [-0.25, -0.2) is 0 Å². The van der Waals surface area contributed by atoms with Gasteiger partial charge in [-0.1, -0.05) is 15.9 Å². The van der Waals surface area contributed by atoms with Crippen LogP contribution >= 0.6 is 27.5 Å². The van der Waals surface area contributed by atoms with Crippen molar-refractivity contribution < 1.29 is 13.2 Å². The average Bonchev–Trinajstić information content (AvgIpc) is 2.77. The fourth-order valence-electron chi connectivity index (χ4n) is 1.49. The molecule has 1 unspecified atom stereocenters. The molecule has 1 aromatic heterocycles. The van der Waals surface area contributed by atoms with Crippen molar-refractivity contribution in [3.63, 3.8) is 0 Å². The second-order valence-corrected chi connectivity index (χ2v) is 5.24. The molecule has 0 amide bonds. The maximum atomic E-state index is 12.8. The molecule has 0 aliphatic rings. The minimum atomic E-state index is -4.46. The normalized spacial score (nSPS) is 13.6. The zero-order valence-corrected chi connectivity index (χ0v) is 11.8. The quantitative estimate of drug-likeness (QED) is 0.771. The van der Waals surface area contributed by atoms with Gasteiger partial charge in [-0.3, -0.25) is 0 Å². The van der Waals surface area contributed by atoms with E-state index in [-0.39, 0.29) is 16.0 Å². The molecule has 2 rings (SSSR count). The minimum absolute atomic E-state index is 0.0442. The lowest BCUT2D eigenvalue weighted by Crippen LogP contribution is -2.09. The molecule has 1 heterocycles. The number of tetrazole rings is 1. The van der Waals surface area contributed by atoms with E-state index in [1.54, 1.807) is 6.92 Å². The van der Waals surface area contributed by atoms with Gasteiger partial charge in [-0.05, 0) is 35.5 Å². The number of nitrogens with zero attached hydrogens (tertiary/aromatic N) is 4. The molecule has 0 spiro atoms. The Kier molecular flexibility index (Phi) is 3.82. The predicted molar refractivity (Wildman–Crippen MR) is 66.1 cm³/mol. The summed E-state index contributed by atoms with van der Waals surface area (Å²) in [6, 6.07) is 3.73. The van der Waals surface area contributed by atoms with E-state index in [9.17, 15) is 13.2 Å². The maximum absolute atomic E-state index is 12.8. The van der Waals surface area contributed by atoms with Crippen molar-refractivity contribution in [1.82, 2.24) is 20.2 Å². The molecule has 4 nitrogen and oxygen atoms in total. The summed E-state index contributed by atoms with van der Waals surface area (Å²) in [4.78, 5) is 0. The molecule has 0 saturated carbocycles. The summed E-state index contributed by atoms with van der Waals surface area (Å²) >= 11 is 8.74. The largest absolute Gasteiger partial charge is 0.417 e. The Hall–Kier alpha value is -1.15. The van der Waals surface area contributed by atoms with E-state index in [4.69, 9.17) is 11.6 Å². The Morgan fingerprint density at radius 2 is 2.05 bits per heavy atom. The summed E-state index contributed by atoms with van der Waals surface area (Å²) in [6.07, 6.45) is -4.46. The van der Waals surface area contributed by atoms with Crippen LogP contribution in [0.1, 0.15) is 23.7 Å². The molecule has 0 radical (unpaired) electrons. The first-order valence-corrected chi connectivity index (χ1v) is 6.33. The van der Waals surface area contributed by atoms with Gasteiger partial charge in [0.2, 0.25) is 0 Å². The minimum Gasteiger partial charge on any atom is -0.196 e. The third kappa shape index (κ3) is 2.89. The van der Waals surface area contributed by atoms with Crippen LogP contribution in [0.25, 0.3) is 5.69 Å². The topological polar surface area (TPSA) is 43.6 Å². The number of alkyl halides is 4. The lowest BCUT2D eigenvalue weighted by Gasteiger charge is -2.12. The SMILES string of the molecule is CC(Cl)c1nnnn1-c1ccc(Br)c(C(F)(F)F)c1. The Bertz CT molecular complexity index is 597. The molecular formula is C10H7BrClF3N4. The van der Waals surface area contributed by atoms with Crippen molar-refractivity contribution in [2.75, 3.05) is 0 Å². The van der Waals surface area contributed by atoms with Crippen molar-refractivity contribution in [1.29, 1.82) is 0 Å². The number of benzene rings is 1. The Balaban J connectivity index is 2.55. The molecule has 0 fully saturated rings. The summed E-state index contributed by atoms with van der Waals surface area (Å²) in [5.74, 6) is 0.275. The van der Waals surface area contributed by atoms with Crippen LogP contribution in [0.15, 0.2) is 22.7 Å². The highest BCUT2D eigenvalue weighted by atomic mass is 79.9. The highest BCUT2D eigenvalue weighted by molar-refractivity contribution is 9.10. The zero-order valence-electron chi connectivity index (χ0n) is 9.49. The van der Waals surface area contributed by atoms with Crippen LogP contribution in [0.5, 0.6) is 0 Å². The maximum Gasteiger partial charge on any atom is 0.417 e. The molecule has 0 saturated heterocycles. The summed E-state index contributed by atoms with van der Waals surface area (Å²) in [5, 5.41) is 10.2. The third-order valence-corrected chi connectivity index (χ3v) is 3.24. The van der Waals surface area contributed by atoms with Gasteiger partial charge in [-0.2, -0.15) is 17.9 Å². The Morgan fingerprint density at radius 3 is 2.63 bits per heavy atom. The lowest BCUT2D eigenvalue weighted by atomic mass is 10.2. The number of aromatic nitrogens is 4. The molecule has 1 aromatic carbocycles. The summed E-state index contributed by atoms with van der Waals surface area (Å²) in [6.45, 7) is 1.63. The fraction of sp³-hybridized carbons (Fsp3) is 0.300. The Morgan fingerprint density at radius 1 is 1.37 bits per heavy atom. The van der Waals surface area contributed by atoms with E-state index < -0.39 is 17.1 Å². The van der Waals surface area contributed by atoms with Gasteiger partial charge in [0, 0.05) is 4.47 Å². The van der Waals surface area contributed by atoms with Crippen LogP contribution in [0.2, 0.25) is 0 Å². The van der Waals surface area contributed by atoms with Crippen LogP contribution in [0.3, 0.4) is 0 Å². The van der Waals surface area contributed by atoms with Gasteiger partial charge in [0.05, 0.1) is 16.6 Å². The van der Waals surface area contributed by atoms with Crippen LogP contribution in [-0.4, -0.2) is 20.2 Å². The number of halogens is 5. The highest BCUT2D eigenvalue weighted by Crippen LogP contribution is 2.36. The van der Waals surface area contributed by atoms with Crippen molar-refractivity contribution >= 4 is 27.5 Å². The summed E-state index contributed by atoms with van der Waals surface area (Å²) in [5.41, 5.74) is -0.600. The number of hydrogen-bond acceptors (Lipinski definition) is 3. The van der Waals surface area contributed by atoms with Crippen molar-refractivity contribution in [2.45, 2.75) is 18.5 Å². The van der Waals surface area contributed by atoms with E-state index in [1.807, 2.05) is 0 Å². The second kappa shape index (κ2) is 5.09. The number of hydrogen-bond donors (Lipinski definition) is 0. The second-order valence-electron chi connectivity index (χ2n) is 3.73. The van der Waals surface area contributed by atoms with Gasteiger partial charge in [0.1, 0.15) is 0 Å². The monoisotopic (exact) mass is 354 g/mol. The number of rotatable bonds is 2. The first kappa shape index (κ1) is 14.3. The lowest BCUT2D eigenvalue weighted by molar-refractivity contribution is -0.138. The zero-order chi connectivity index (χ0) is 14.2. The molecule has 102 valence electrons. The van der Waals surface area contributed by atoms with Gasteiger partial charge < -0.3 is 0 Å². The van der Waals surface area contributed by atoms with Crippen molar-refractivity contribution in [2.24, 2.45) is 0 Å². The van der Waals surface area contributed by atoms with Gasteiger partial charge in [-0.15, -0.1) is 16.7 Å². The Labute approximate surface area is 119 Å². The third-order valence-electron chi connectivity index (χ3n) is 2.35. The average molecular weight is 356 g/mol. The molecule has 19 heavy (non-hydrogen) atoms. The summed E-state index contributed by atoms with van der Waals surface area (Å²) < 4.78 is 39.6. The van der Waals surface area contributed by atoms with Crippen molar-refractivity contribution in [3.8, 4) is 5.69 Å². The smallest absolute Gasteiger partial charge is 0.196 e. The molecule has 2 aromatic rings. The van der Waals surface area contributed by atoms with Crippen LogP contribution in [-0.2, 0) is 6.18 Å². The summed E-state index contributed by atoms with van der Waals surface area (Å²) in [7, 11) is 0. The predicted octanol–water partition coefficient (Wildman–Crippen LogP) is 3.74. The molecule has 0 aliphatic carbocycles.